The van der Waals surface area contributed by atoms with Crippen molar-refractivity contribution in [3.63, 3.8) is 0 Å². The molecule has 3 nitrogen and oxygen atoms in total. The summed E-state index contributed by atoms with van der Waals surface area (Å²) in [4.78, 5) is 12.6. The van der Waals surface area contributed by atoms with Crippen molar-refractivity contribution < 1.29 is 14.3 Å². The van der Waals surface area contributed by atoms with E-state index in [-0.39, 0.29) is 11.5 Å². The van der Waals surface area contributed by atoms with Gasteiger partial charge in [-0.3, -0.25) is 4.79 Å². The molecular formula is C14H17IO3S. The van der Waals surface area contributed by atoms with Gasteiger partial charge < -0.3 is 9.47 Å². The Labute approximate surface area is 130 Å². The molecule has 5 heteroatoms. The highest BCUT2D eigenvalue weighted by atomic mass is 127. The van der Waals surface area contributed by atoms with Gasteiger partial charge >= 0.3 is 0 Å². The van der Waals surface area contributed by atoms with Crippen molar-refractivity contribution in [2.75, 3.05) is 19.8 Å². The molecule has 104 valence electrons. The predicted molar refractivity (Wildman–Crippen MR) is 82.8 cm³/mol. The van der Waals surface area contributed by atoms with Crippen LogP contribution in [0.3, 0.4) is 0 Å². The van der Waals surface area contributed by atoms with E-state index in [1.54, 1.807) is 11.3 Å². The zero-order valence-electron chi connectivity index (χ0n) is 10.7. The number of ketones is 1. The fourth-order valence-electron chi connectivity index (χ4n) is 3.02. The molecule has 2 aliphatic heterocycles. The van der Waals surface area contributed by atoms with Gasteiger partial charge in [0.2, 0.25) is 0 Å². The van der Waals surface area contributed by atoms with Gasteiger partial charge in [-0.25, -0.2) is 0 Å². The van der Waals surface area contributed by atoms with Crippen molar-refractivity contribution in [2.24, 2.45) is 5.92 Å². The van der Waals surface area contributed by atoms with Gasteiger partial charge in [-0.1, -0.05) is 0 Å². The second kappa shape index (κ2) is 5.79. The van der Waals surface area contributed by atoms with Crippen LogP contribution < -0.4 is 0 Å². The highest BCUT2D eigenvalue weighted by molar-refractivity contribution is 14.1. The molecule has 2 saturated heterocycles. The summed E-state index contributed by atoms with van der Waals surface area (Å²) >= 11 is 3.91. The maximum Gasteiger partial charge on any atom is 0.167 e. The van der Waals surface area contributed by atoms with Crippen LogP contribution in [0, 0.1) is 8.80 Å². The van der Waals surface area contributed by atoms with Crippen LogP contribution >= 0.6 is 33.9 Å². The summed E-state index contributed by atoms with van der Waals surface area (Å²) in [6.45, 7) is 2.23. The normalized spacial score (nSPS) is 26.5. The lowest BCUT2D eigenvalue weighted by Crippen LogP contribution is -2.45. The monoisotopic (exact) mass is 392 g/mol. The van der Waals surface area contributed by atoms with E-state index in [0.717, 1.165) is 44.5 Å². The van der Waals surface area contributed by atoms with Crippen LogP contribution in [0.15, 0.2) is 11.4 Å². The number of halogens is 1. The molecule has 2 fully saturated rings. The van der Waals surface area contributed by atoms with Crippen LogP contribution in [0.1, 0.15) is 36.0 Å². The van der Waals surface area contributed by atoms with Gasteiger partial charge in [-0.15, -0.1) is 11.3 Å². The molecule has 19 heavy (non-hydrogen) atoms. The minimum absolute atomic E-state index is 0.0972. The molecule has 3 rings (SSSR count). The Morgan fingerprint density at radius 3 is 2.84 bits per heavy atom. The first-order valence-electron chi connectivity index (χ1n) is 6.68. The van der Waals surface area contributed by atoms with Crippen LogP contribution in [-0.4, -0.2) is 31.2 Å². The third kappa shape index (κ3) is 3.04. The number of hydrogen-bond acceptors (Lipinski definition) is 4. The molecule has 3 heterocycles. The van der Waals surface area contributed by atoms with E-state index in [2.05, 4.69) is 22.6 Å². The number of carbonyl (C=O) groups excluding carboxylic acids is 1. The number of hydrogen-bond donors (Lipinski definition) is 0. The number of thiophene rings is 1. The first-order valence-corrected chi connectivity index (χ1v) is 8.64. The Balaban J connectivity index is 1.72. The fraction of sp³-hybridized carbons (Fsp3) is 0.643. The lowest BCUT2D eigenvalue weighted by Gasteiger charge is -2.42. The Kier molecular flexibility index (Phi) is 4.26. The molecule has 0 bridgehead atoms. The smallest absolute Gasteiger partial charge is 0.167 e. The van der Waals surface area contributed by atoms with E-state index < -0.39 is 0 Å². The van der Waals surface area contributed by atoms with Gasteiger partial charge in [0.05, 0.1) is 8.48 Å². The zero-order chi connectivity index (χ0) is 13.3. The summed E-state index contributed by atoms with van der Waals surface area (Å²) in [6, 6.07) is 2.00. The third-order valence-corrected chi connectivity index (χ3v) is 5.91. The van der Waals surface area contributed by atoms with Gasteiger partial charge in [-0.2, -0.15) is 0 Å². The number of carbonyl (C=O) groups is 1. The molecule has 0 N–H and O–H groups in total. The average Bonchev–Trinajstić information content (AvgIpc) is 2.85. The molecule has 1 aromatic rings. The Morgan fingerprint density at radius 2 is 2.16 bits per heavy atom. The van der Waals surface area contributed by atoms with E-state index in [0.29, 0.717) is 12.4 Å². The maximum absolute atomic E-state index is 12.6. The predicted octanol–water partition coefficient (Wildman–Crippen LogP) is 3.51. The van der Waals surface area contributed by atoms with Gasteiger partial charge in [-0.05, 0) is 54.3 Å². The molecular weight excluding hydrogens is 375 g/mol. The van der Waals surface area contributed by atoms with Crippen molar-refractivity contribution in [2.45, 2.75) is 31.3 Å². The fourth-order valence-corrected chi connectivity index (χ4v) is 4.35. The standard InChI is InChI=1S/C14H17IO3S/c15-12-7-11(9-19-12)13(16)10-1-4-18-14(8-10)2-5-17-6-3-14/h7,9-10H,1-6,8H2. The third-order valence-electron chi connectivity index (χ3n) is 4.12. The van der Waals surface area contributed by atoms with Crippen LogP contribution in [-0.2, 0) is 9.47 Å². The zero-order valence-corrected chi connectivity index (χ0v) is 13.7. The molecule has 1 atom stereocenters. The van der Waals surface area contributed by atoms with Gasteiger partial charge in [0.15, 0.2) is 5.78 Å². The lowest BCUT2D eigenvalue weighted by atomic mass is 9.78. The quantitative estimate of drug-likeness (QED) is 0.571. The van der Waals surface area contributed by atoms with Crippen LogP contribution in [0.25, 0.3) is 0 Å². The molecule has 0 aliphatic carbocycles. The van der Waals surface area contributed by atoms with Crippen LogP contribution in [0.4, 0.5) is 0 Å². The molecule has 0 radical (unpaired) electrons. The van der Waals surface area contributed by atoms with E-state index in [4.69, 9.17) is 9.47 Å². The molecule has 0 aromatic carbocycles. The van der Waals surface area contributed by atoms with Crippen molar-refractivity contribution >= 4 is 39.7 Å². The SMILES string of the molecule is O=C(c1csc(I)c1)C1CCOC2(CCOCC2)C1. The largest absolute Gasteiger partial charge is 0.381 e. The summed E-state index contributed by atoms with van der Waals surface area (Å²) in [5, 5.41) is 1.98. The van der Waals surface area contributed by atoms with Crippen molar-refractivity contribution in [1.82, 2.24) is 0 Å². The Hall–Kier alpha value is 0.0200. The van der Waals surface area contributed by atoms with E-state index >= 15 is 0 Å². The molecule has 1 aromatic heterocycles. The number of rotatable bonds is 2. The van der Waals surface area contributed by atoms with E-state index in [9.17, 15) is 4.79 Å². The molecule has 0 amide bonds. The van der Waals surface area contributed by atoms with Gasteiger partial charge in [0.1, 0.15) is 0 Å². The lowest BCUT2D eigenvalue weighted by molar-refractivity contribution is -0.142. The summed E-state index contributed by atoms with van der Waals surface area (Å²) in [6.07, 6.45) is 3.57. The molecule has 1 unspecified atom stereocenters. The van der Waals surface area contributed by atoms with Gasteiger partial charge in [0.25, 0.3) is 0 Å². The minimum atomic E-state index is -0.0972. The Bertz CT molecular complexity index is 460. The van der Waals surface area contributed by atoms with Crippen LogP contribution in [0.5, 0.6) is 0 Å². The van der Waals surface area contributed by atoms with Crippen molar-refractivity contribution in [3.8, 4) is 0 Å². The first kappa shape index (κ1) is 14.0. The summed E-state index contributed by atoms with van der Waals surface area (Å²) in [7, 11) is 0. The summed E-state index contributed by atoms with van der Waals surface area (Å²) in [5.74, 6) is 0.422. The van der Waals surface area contributed by atoms with E-state index in [1.165, 1.54) is 2.88 Å². The highest BCUT2D eigenvalue weighted by Gasteiger charge is 2.41. The van der Waals surface area contributed by atoms with Crippen LogP contribution in [0.2, 0.25) is 0 Å². The first-order chi connectivity index (χ1) is 9.19. The van der Waals surface area contributed by atoms with Crippen molar-refractivity contribution in [3.05, 3.63) is 19.9 Å². The summed E-state index contributed by atoms with van der Waals surface area (Å²) in [5.41, 5.74) is 0.781. The number of ether oxygens (including phenoxy) is 2. The second-order valence-corrected chi connectivity index (χ2v) is 8.14. The van der Waals surface area contributed by atoms with Crippen molar-refractivity contribution in [1.29, 1.82) is 0 Å². The average molecular weight is 392 g/mol. The summed E-state index contributed by atoms with van der Waals surface area (Å²) < 4.78 is 12.6. The van der Waals surface area contributed by atoms with E-state index in [1.807, 2.05) is 11.4 Å². The van der Waals surface area contributed by atoms with Gasteiger partial charge in [0, 0.05) is 36.7 Å². The highest BCUT2D eigenvalue weighted by Crippen LogP contribution is 2.38. The number of Topliss-reactive ketones (excluding diaryl/α,β-unsaturated/α-hetero) is 1. The molecule has 2 aliphatic rings. The minimum Gasteiger partial charge on any atom is -0.381 e. The molecule has 1 spiro atoms. The maximum atomic E-state index is 12.6. The Morgan fingerprint density at radius 1 is 1.37 bits per heavy atom. The topological polar surface area (TPSA) is 35.5 Å². The molecule has 0 saturated carbocycles. The second-order valence-electron chi connectivity index (χ2n) is 5.34.